The average Bonchev–Trinajstić information content (AvgIpc) is 3.19. The average molecular weight is 564 g/mol. The summed E-state index contributed by atoms with van der Waals surface area (Å²) in [6.07, 6.45) is -6.55. The standard InChI is InChI=1S/C27H32F3N5O5/c1-26(2,3)40-25(38)34-15-13-32-23(35-22(36)27(28,29)30)31-12-14-33-24(37)39-16-21-19-10-6-4-8-17(19)18-9-5-7-11-20(18)21/h4-11,21H,12-16H2,1-3H3,(H,33,37)(H,34,38)(H2,31,32,35,36). The monoisotopic (exact) mass is 563 g/mol. The van der Waals surface area contributed by atoms with E-state index in [0.29, 0.717) is 0 Å². The molecular formula is C27H32F3N5O5. The number of alkyl carbamates (subject to hydrolysis) is 2. The topological polar surface area (TPSA) is 130 Å². The van der Waals surface area contributed by atoms with Gasteiger partial charge in [-0.05, 0) is 43.0 Å². The lowest BCUT2D eigenvalue weighted by Crippen LogP contribution is -2.48. The highest BCUT2D eigenvalue weighted by Gasteiger charge is 2.39. The van der Waals surface area contributed by atoms with E-state index in [9.17, 15) is 27.6 Å². The molecule has 0 heterocycles. The van der Waals surface area contributed by atoms with E-state index < -0.39 is 35.8 Å². The number of hydrogen-bond donors (Lipinski definition) is 4. The summed E-state index contributed by atoms with van der Waals surface area (Å²) in [5.74, 6) is -2.81. The summed E-state index contributed by atoms with van der Waals surface area (Å²) in [5.41, 5.74) is 3.57. The van der Waals surface area contributed by atoms with Crippen LogP contribution in [-0.4, -0.2) is 68.6 Å². The maximum atomic E-state index is 12.7. The van der Waals surface area contributed by atoms with Crippen molar-refractivity contribution >= 4 is 24.1 Å². The van der Waals surface area contributed by atoms with Gasteiger partial charge in [0.25, 0.3) is 0 Å². The van der Waals surface area contributed by atoms with Gasteiger partial charge >= 0.3 is 24.3 Å². The van der Waals surface area contributed by atoms with Crippen molar-refractivity contribution in [3.63, 3.8) is 0 Å². The summed E-state index contributed by atoms with van der Waals surface area (Å²) in [4.78, 5) is 39.2. The third kappa shape index (κ3) is 8.89. The highest BCUT2D eigenvalue weighted by molar-refractivity contribution is 5.99. The fraction of sp³-hybridized carbons (Fsp3) is 0.407. The first kappa shape index (κ1) is 30.3. The Balaban J connectivity index is 1.47. The maximum Gasteiger partial charge on any atom is 0.471 e. The second-order valence-corrected chi connectivity index (χ2v) is 9.79. The molecule has 0 radical (unpaired) electrons. The second kappa shape index (κ2) is 13.2. The summed E-state index contributed by atoms with van der Waals surface area (Å²) < 4.78 is 48.6. The van der Waals surface area contributed by atoms with Gasteiger partial charge in [0.1, 0.15) is 12.2 Å². The Morgan fingerprint density at radius 2 is 1.38 bits per heavy atom. The molecule has 0 aromatic heterocycles. The molecule has 2 aromatic carbocycles. The number of fused-ring (bicyclic) bond motifs is 3. The van der Waals surface area contributed by atoms with Crippen molar-refractivity contribution in [2.45, 2.75) is 38.5 Å². The van der Waals surface area contributed by atoms with Crippen LogP contribution in [0.15, 0.2) is 53.5 Å². The van der Waals surface area contributed by atoms with Gasteiger partial charge < -0.3 is 25.4 Å². The van der Waals surface area contributed by atoms with E-state index in [1.165, 1.54) is 0 Å². The molecule has 0 spiro atoms. The second-order valence-electron chi connectivity index (χ2n) is 9.79. The van der Waals surface area contributed by atoms with Gasteiger partial charge in [0.15, 0.2) is 5.96 Å². The van der Waals surface area contributed by atoms with Gasteiger partial charge in [-0.15, -0.1) is 0 Å². The van der Waals surface area contributed by atoms with E-state index in [0.717, 1.165) is 22.3 Å². The zero-order valence-electron chi connectivity index (χ0n) is 22.4. The zero-order valence-corrected chi connectivity index (χ0v) is 22.4. The molecule has 0 bridgehead atoms. The summed E-state index contributed by atoms with van der Waals surface area (Å²) in [6, 6.07) is 15.8. The van der Waals surface area contributed by atoms with E-state index >= 15 is 0 Å². The van der Waals surface area contributed by atoms with Gasteiger partial charge in [-0.1, -0.05) is 48.5 Å². The molecule has 0 unspecified atom stereocenters. The van der Waals surface area contributed by atoms with Gasteiger partial charge in [0.2, 0.25) is 0 Å². The third-order valence-corrected chi connectivity index (χ3v) is 5.57. The molecular weight excluding hydrogens is 531 g/mol. The lowest BCUT2D eigenvalue weighted by Gasteiger charge is -2.19. The molecule has 0 atom stereocenters. The molecule has 10 nitrogen and oxygen atoms in total. The molecule has 1 aliphatic rings. The van der Waals surface area contributed by atoms with E-state index in [1.54, 1.807) is 26.1 Å². The number of ether oxygens (including phenoxy) is 2. The highest BCUT2D eigenvalue weighted by atomic mass is 19.4. The number of benzene rings is 2. The van der Waals surface area contributed by atoms with Gasteiger partial charge in [0.05, 0.1) is 6.54 Å². The summed E-state index contributed by atoms with van der Waals surface area (Å²) >= 11 is 0. The lowest BCUT2D eigenvalue weighted by atomic mass is 9.98. The van der Waals surface area contributed by atoms with Crippen LogP contribution in [0.1, 0.15) is 37.8 Å². The molecule has 2 aromatic rings. The zero-order chi connectivity index (χ0) is 29.3. The quantitative estimate of drug-likeness (QED) is 0.220. The van der Waals surface area contributed by atoms with Crippen LogP contribution in [0.25, 0.3) is 11.1 Å². The molecule has 1 aliphatic carbocycles. The van der Waals surface area contributed by atoms with Crippen molar-refractivity contribution in [2.75, 3.05) is 32.8 Å². The van der Waals surface area contributed by atoms with E-state index in [1.807, 2.05) is 48.5 Å². The Morgan fingerprint density at radius 3 is 1.95 bits per heavy atom. The SMILES string of the molecule is CC(C)(C)OC(=O)NCCN=C(NCCNC(=O)OCC1c2ccccc2-c2ccccc21)NC(=O)C(F)(F)F. The Hall–Kier alpha value is -4.29. The first-order valence-corrected chi connectivity index (χ1v) is 12.6. The molecule has 3 amide bonds. The predicted octanol–water partition coefficient (Wildman–Crippen LogP) is 3.67. The van der Waals surface area contributed by atoms with Crippen LogP contribution in [-0.2, 0) is 14.3 Å². The Labute approximate surface area is 229 Å². The Morgan fingerprint density at radius 1 is 0.825 bits per heavy atom. The molecule has 4 N–H and O–H groups in total. The highest BCUT2D eigenvalue weighted by Crippen LogP contribution is 2.44. The van der Waals surface area contributed by atoms with Crippen molar-refractivity contribution in [2.24, 2.45) is 4.99 Å². The summed E-state index contributed by atoms with van der Waals surface area (Å²) in [7, 11) is 0. The van der Waals surface area contributed by atoms with Gasteiger partial charge in [-0.2, -0.15) is 13.2 Å². The smallest absolute Gasteiger partial charge is 0.449 e. The molecule has 0 saturated carbocycles. The maximum absolute atomic E-state index is 12.7. The molecule has 3 rings (SSSR count). The fourth-order valence-electron chi connectivity index (χ4n) is 3.95. The number of carbonyl (C=O) groups is 3. The van der Waals surface area contributed by atoms with E-state index in [2.05, 4.69) is 20.9 Å². The van der Waals surface area contributed by atoms with Gasteiger partial charge in [-0.3, -0.25) is 15.1 Å². The molecule has 216 valence electrons. The van der Waals surface area contributed by atoms with Crippen LogP contribution in [0.5, 0.6) is 0 Å². The number of guanidine groups is 1. The van der Waals surface area contributed by atoms with Crippen molar-refractivity contribution in [3.8, 4) is 11.1 Å². The molecule has 40 heavy (non-hydrogen) atoms. The van der Waals surface area contributed by atoms with Crippen molar-refractivity contribution < 1.29 is 37.0 Å². The van der Waals surface area contributed by atoms with E-state index in [-0.39, 0.29) is 38.7 Å². The van der Waals surface area contributed by atoms with Crippen molar-refractivity contribution in [1.29, 1.82) is 0 Å². The number of nitrogens with one attached hydrogen (secondary N) is 4. The summed E-state index contributed by atoms with van der Waals surface area (Å²) in [6.45, 7) is 4.82. The van der Waals surface area contributed by atoms with Gasteiger partial charge in [-0.25, -0.2) is 9.59 Å². The number of nitrogens with zero attached hydrogens (tertiary/aromatic N) is 1. The Kier molecular flexibility index (Phi) is 9.97. The third-order valence-electron chi connectivity index (χ3n) is 5.57. The predicted molar refractivity (Wildman–Crippen MR) is 142 cm³/mol. The lowest BCUT2D eigenvalue weighted by molar-refractivity contribution is -0.171. The number of hydrogen-bond acceptors (Lipinski definition) is 6. The van der Waals surface area contributed by atoms with Gasteiger partial charge in [0, 0.05) is 25.6 Å². The first-order chi connectivity index (χ1) is 18.8. The van der Waals surface area contributed by atoms with Crippen molar-refractivity contribution in [3.05, 3.63) is 59.7 Å². The first-order valence-electron chi connectivity index (χ1n) is 12.6. The normalized spacial score (nSPS) is 13.1. The van der Waals surface area contributed by atoms with Crippen LogP contribution >= 0.6 is 0 Å². The number of aliphatic imine (C=N–C) groups is 1. The number of rotatable bonds is 8. The number of halogens is 3. The van der Waals surface area contributed by atoms with Crippen LogP contribution in [0.3, 0.4) is 0 Å². The van der Waals surface area contributed by atoms with Crippen LogP contribution in [0.2, 0.25) is 0 Å². The minimum atomic E-state index is -5.13. The number of amides is 3. The molecule has 0 fully saturated rings. The Bertz CT molecular complexity index is 1200. The summed E-state index contributed by atoms with van der Waals surface area (Å²) in [5, 5.41) is 9.09. The fourth-order valence-corrected chi connectivity index (χ4v) is 3.95. The van der Waals surface area contributed by atoms with Crippen molar-refractivity contribution in [1.82, 2.24) is 21.3 Å². The minimum absolute atomic E-state index is 0.0340. The van der Waals surface area contributed by atoms with Crippen LogP contribution in [0, 0.1) is 0 Å². The molecule has 13 heteroatoms. The molecule has 0 aliphatic heterocycles. The van der Waals surface area contributed by atoms with Crippen LogP contribution < -0.4 is 21.3 Å². The molecule has 0 saturated heterocycles. The number of alkyl halides is 3. The van der Waals surface area contributed by atoms with Crippen LogP contribution in [0.4, 0.5) is 22.8 Å². The minimum Gasteiger partial charge on any atom is -0.449 e. The van der Waals surface area contributed by atoms with E-state index in [4.69, 9.17) is 9.47 Å². The number of carbonyl (C=O) groups excluding carboxylic acids is 3. The largest absolute Gasteiger partial charge is 0.471 e.